The van der Waals surface area contributed by atoms with E-state index in [1.807, 2.05) is 6.92 Å². The summed E-state index contributed by atoms with van der Waals surface area (Å²) in [6.45, 7) is 1.89. The van der Waals surface area contributed by atoms with Crippen LogP contribution in [0.5, 0.6) is 5.75 Å². The zero-order valence-corrected chi connectivity index (χ0v) is 9.25. The van der Waals surface area contributed by atoms with Crippen LogP contribution >= 0.6 is 0 Å². The first-order valence-corrected chi connectivity index (χ1v) is 5.12. The summed E-state index contributed by atoms with van der Waals surface area (Å²) in [7, 11) is 0. The van der Waals surface area contributed by atoms with Crippen molar-refractivity contribution in [2.24, 2.45) is 0 Å². The highest BCUT2D eigenvalue weighted by molar-refractivity contribution is 5.59. The van der Waals surface area contributed by atoms with Crippen LogP contribution in [0.4, 0.5) is 11.4 Å². The van der Waals surface area contributed by atoms with Gasteiger partial charge in [-0.25, -0.2) is 0 Å². The normalized spacial score (nSPS) is 10.2. The Balaban J connectivity index is 3.31. The number of nitro benzene ring substituents is 2. The lowest BCUT2D eigenvalue weighted by Gasteiger charge is -2.05. The number of phenols is 1. The lowest BCUT2D eigenvalue weighted by Crippen LogP contribution is -1.99. The predicted octanol–water partition coefficient (Wildman–Crippen LogP) is 2.55. The third-order valence-corrected chi connectivity index (χ3v) is 2.41. The molecule has 92 valence electrons. The topological polar surface area (TPSA) is 107 Å². The minimum absolute atomic E-state index is 0.0334. The lowest BCUT2D eigenvalue weighted by atomic mass is 10.0. The summed E-state index contributed by atoms with van der Waals surface area (Å²) in [5.41, 5.74) is -0.741. The van der Waals surface area contributed by atoms with Gasteiger partial charge in [-0.15, -0.1) is 0 Å². The SMILES string of the molecule is CCCCc1c([N+](=O)[O-])ccc([N+](=O)[O-])c1O. The van der Waals surface area contributed by atoms with Crippen molar-refractivity contribution in [2.75, 3.05) is 0 Å². The van der Waals surface area contributed by atoms with Gasteiger partial charge in [0.25, 0.3) is 5.69 Å². The van der Waals surface area contributed by atoms with Gasteiger partial charge in [0.15, 0.2) is 0 Å². The average Bonchev–Trinajstić information content (AvgIpc) is 2.26. The summed E-state index contributed by atoms with van der Waals surface area (Å²) in [5, 5.41) is 31.0. The fourth-order valence-electron chi connectivity index (χ4n) is 1.53. The first-order valence-electron chi connectivity index (χ1n) is 5.12. The largest absolute Gasteiger partial charge is 0.502 e. The van der Waals surface area contributed by atoms with Crippen molar-refractivity contribution in [1.82, 2.24) is 0 Å². The number of hydrogen-bond acceptors (Lipinski definition) is 5. The molecule has 0 aromatic heterocycles. The molecule has 1 aromatic rings. The van der Waals surface area contributed by atoms with E-state index in [9.17, 15) is 25.3 Å². The molecule has 0 bridgehead atoms. The predicted molar refractivity (Wildman–Crippen MR) is 60.0 cm³/mol. The molecule has 1 rings (SSSR count). The molecule has 0 unspecified atom stereocenters. The molecule has 0 saturated carbocycles. The Morgan fingerprint density at radius 2 is 1.71 bits per heavy atom. The Morgan fingerprint density at radius 1 is 1.18 bits per heavy atom. The lowest BCUT2D eigenvalue weighted by molar-refractivity contribution is -0.390. The van der Waals surface area contributed by atoms with E-state index in [2.05, 4.69) is 0 Å². The zero-order chi connectivity index (χ0) is 13.0. The van der Waals surface area contributed by atoms with E-state index in [-0.39, 0.29) is 17.7 Å². The minimum atomic E-state index is -0.755. The van der Waals surface area contributed by atoms with Crippen molar-refractivity contribution in [3.05, 3.63) is 37.9 Å². The number of benzene rings is 1. The highest BCUT2D eigenvalue weighted by atomic mass is 16.6. The molecular formula is C10H12N2O5. The molecule has 1 N–H and O–H groups in total. The molecule has 0 atom stereocenters. The van der Waals surface area contributed by atoms with Crippen molar-refractivity contribution in [1.29, 1.82) is 0 Å². The average molecular weight is 240 g/mol. The summed E-state index contributed by atoms with van der Waals surface area (Å²) < 4.78 is 0. The fourth-order valence-corrected chi connectivity index (χ4v) is 1.53. The van der Waals surface area contributed by atoms with E-state index in [0.29, 0.717) is 6.42 Å². The maximum Gasteiger partial charge on any atom is 0.311 e. The number of rotatable bonds is 5. The van der Waals surface area contributed by atoms with E-state index >= 15 is 0 Å². The zero-order valence-electron chi connectivity index (χ0n) is 9.25. The van der Waals surface area contributed by atoms with Crippen molar-refractivity contribution < 1.29 is 15.0 Å². The maximum atomic E-state index is 10.7. The van der Waals surface area contributed by atoms with Gasteiger partial charge in [0.2, 0.25) is 5.75 Å². The molecule has 0 aliphatic heterocycles. The molecule has 0 fully saturated rings. The Kier molecular flexibility index (Phi) is 3.97. The first kappa shape index (κ1) is 12.9. The highest BCUT2D eigenvalue weighted by Gasteiger charge is 2.25. The third kappa shape index (κ3) is 2.68. The van der Waals surface area contributed by atoms with Gasteiger partial charge < -0.3 is 5.11 Å². The molecule has 1 aromatic carbocycles. The monoisotopic (exact) mass is 240 g/mol. The molecular weight excluding hydrogens is 228 g/mol. The molecule has 0 aliphatic rings. The molecule has 0 spiro atoms. The molecule has 7 nitrogen and oxygen atoms in total. The van der Waals surface area contributed by atoms with Gasteiger partial charge in [-0.05, 0) is 12.8 Å². The van der Waals surface area contributed by atoms with Crippen LogP contribution < -0.4 is 0 Å². The Morgan fingerprint density at radius 3 is 2.18 bits per heavy atom. The minimum Gasteiger partial charge on any atom is -0.502 e. The number of aromatic hydroxyl groups is 1. The van der Waals surface area contributed by atoms with Gasteiger partial charge in [0.05, 0.1) is 15.4 Å². The van der Waals surface area contributed by atoms with Crippen LogP contribution in [0.3, 0.4) is 0 Å². The van der Waals surface area contributed by atoms with Crippen LogP contribution in [0.2, 0.25) is 0 Å². The first-order chi connectivity index (χ1) is 7.99. The summed E-state index contributed by atoms with van der Waals surface area (Å²) in [5.74, 6) is -0.599. The van der Waals surface area contributed by atoms with Crippen LogP contribution in [-0.2, 0) is 6.42 Å². The van der Waals surface area contributed by atoms with Gasteiger partial charge in [0, 0.05) is 12.1 Å². The number of nitro groups is 2. The molecule has 0 saturated heterocycles. The van der Waals surface area contributed by atoms with E-state index in [4.69, 9.17) is 0 Å². The second-order valence-corrected chi connectivity index (χ2v) is 3.55. The Hall–Kier alpha value is -2.18. The van der Waals surface area contributed by atoms with Gasteiger partial charge in [-0.3, -0.25) is 20.2 Å². The molecule has 7 heteroatoms. The maximum absolute atomic E-state index is 10.7. The number of unbranched alkanes of at least 4 members (excludes halogenated alkanes) is 1. The van der Waals surface area contributed by atoms with Gasteiger partial charge in [0.1, 0.15) is 0 Å². The molecule has 0 aliphatic carbocycles. The fraction of sp³-hybridized carbons (Fsp3) is 0.400. The second-order valence-electron chi connectivity index (χ2n) is 3.55. The summed E-state index contributed by atoms with van der Waals surface area (Å²) >= 11 is 0. The third-order valence-electron chi connectivity index (χ3n) is 2.41. The van der Waals surface area contributed by atoms with Gasteiger partial charge in [-0.1, -0.05) is 13.3 Å². The van der Waals surface area contributed by atoms with Crippen molar-refractivity contribution in [2.45, 2.75) is 26.2 Å². The van der Waals surface area contributed by atoms with E-state index < -0.39 is 21.3 Å². The number of phenolic OH excluding ortho intramolecular Hbond substituents is 1. The van der Waals surface area contributed by atoms with Crippen molar-refractivity contribution in [3.63, 3.8) is 0 Å². The van der Waals surface area contributed by atoms with Gasteiger partial charge in [-0.2, -0.15) is 0 Å². The van der Waals surface area contributed by atoms with E-state index in [0.717, 1.165) is 18.6 Å². The quantitative estimate of drug-likeness (QED) is 0.628. The number of hydrogen-bond donors (Lipinski definition) is 1. The summed E-state index contributed by atoms with van der Waals surface area (Å²) in [4.78, 5) is 19.9. The van der Waals surface area contributed by atoms with Crippen LogP contribution in [0.15, 0.2) is 12.1 Å². The van der Waals surface area contributed by atoms with Crippen LogP contribution in [0.1, 0.15) is 25.3 Å². The highest BCUT2D eigenvalue weighted by Crippen LogP contribution is 2.36. The summed E-state index contributed by atoms with van der Waals surface area (Å²) in [6.07, 6.45) is 1.65. The Bertz CT molecular complexity index is 458. The van der Waals surface area contributed by atoms with Crippen LogP contribution in [0, 0.1) is 20.2 Å². The van der Waals surface area contributed by atoms with Crippen molar-refractivity contribution in [3.8, 4) is 5.75 Å². The Labute approximate surface area is 97.0 Å². The number of nitrogens with zero attached hydrogens (tertiary/aromatic N) is 2. The smallest absolute Gasteiger partial charge is 0.311 e. The van der Waals surface area contributed by atoms with Crippen LogP contribution in [-0.4, -0.2) is 15.0 Å². The summed E-state index contributed by atoms with van der Waals surface area (Å²) in [6, 6.07) is 2.01. The molecule has 0 amide bonds. The van der Waals surface area contributed by atoms with Crippen LogP contribution in [0.25, 0.3) is 0 Å². The molecule has 0 heterocycles. The second kappa shape index (κ2) is 5.24. The molecule has 17 heavy (non-hydrogen) atoms. The van der Waals surface area contributed by atoms with E-state index in [1.165, 1.54) is 0 Å². The molecule has 0 radical (unpaired) electrons. The van der Waals surface area contributed by atoms with Crippen molar-refractivity contribution >= 4 is 11.4 Å². The van der Waals surface area contributed by atoms with E-state index in [1.54, 1.807) is 0 Å². The van der Waals surface area contributed by atoms with Gasteiger partial charge >= 0.3 is 5.69 Å². The standard InChI is InChI=1S/C10H12N2O5/c1-2-3-4-7-8(11(14)15)5-6-9(10(7)13)12(16)17/h5-6,13H,2-4H2,1H3.